The minimum Gasteiger partial charge on any atom is -0.383 e. The van der Waals surface area contributed by atoms with Crippen molar-refractivity contribution in [2.24, 2.45) is 11.8 Å². The zero-order valence-electron chi connectivity index (χ0n) is 12.4. The zero-order valence-corrected chi connectivity index (χ0v) is 12.4. The third-order valence-corrected chi connectivity index (χ3v) is 4.94. The standard InChI is InChI=1S/C15H21N5O/c1-21-6-5-19-10-18-13-14(19)16-9-17-15(13)20-7-11-3-2-4-12(11)8-20/h9-12H,2-8H2,1H3. The highest BCUT2D eigenvalue weighted by Gasteiger charge is 2.37. The van der Waals surface area contributed by atoms with E-state index in [1.165, 1.54) is 19.3 Å². The molecule has 1 saturated heterocycles. The number of hydrogen-bond acceptors (Lipinski definition) is 5. The van der Waals surface area contributed by atoms with Gasteiger partial charge in [-0.2, -0.15) is 0 Å². The zero-order chi connectivity index (χ0) is 14.2. The lowest BCUT2D eigenvalue weighted by Gasteiger charge is -2.18. The molecular weight excluding hydrogens is 266 g/mol. The minimum absolute atomic E-state index is 0.665. The molecule has 2 fully saturated rings. The fourth-order valence-corrected chi connectivity index (χ4v) is 3.86. The van der Waals surface area contributed by atoms with Crippen molar-refractivity contribution < 1.29 is 4.74 Å². The first-order chi connectivity index (χ1) is 10.4. The molecule has 0 aromatic carbocycles. The molecule has 1 aliphatic carbocycles. The molecule has 0 bridgehead atoms. The van der Waals surface area contributed by atoms with Gasteiger partial charge in [0.15, 0.2) is 17.0 Å². The summed E-state index contributed by atoms with van der Waals surface area (Å²) in [5.74, 6) is 2.71. The highest BCUT2D eigenvalue weighted by molar-refractivity contribution is 5.83. The molecule has 0 spiro atoms. The van der Waals surface area contributed by atoms with Crippen LogP contribution < -0.4 is 4.90 Å². The molecule has 2 atom stereocenters. The predicted molar refractivity (Wildman–Crippen MR) is 80.2 cm³/mol. The fourth-order valence-electron chi connectivity index (χ4n) is 3.86. The number of fused-ring (bicyclic) bond motifs is 2. The van der Waals surface area contributed by atoms with Crippen molar-refractivity contribution in [2.75, 3.05) is 31.7 Å². The van der Waals surface area contributed by atoms with Crippen LogP contribution in [0.15, 0.2) is 12.7 Å². The Morgan fingerprint density at radius 1 is 1.19 bits per heavy atom. The highest BCUT2D eigenvalue weighted by Crippen LogP contribution is 2.40. The molecule has 0 radical (unpaired) electrons. The Bertz CT molecular complexity index is 628. The van der Waals surface area contributed by atoms with Gasteiger partial charge in [-0.05, 0) is 24.7 Å². The van der Waals surface area contributed by atoms with E-state index in [-0.39, 0.29) is 0 Å². The third kappa shape index (κ3) is 2.18. The van der Waals surface area contributed by atoms with Crippen LogP contribution in [0.4, 0.5) is 5.82 Å². The molecule has 112 valence electrons. The van der Waals surface area contributed by atoms with Gasteiger partial charge in [0.25, 0.3) is 0 Å². The summed E-state index contributed by atoms with van der Waals surface area (Å²) >= 11 is 0. The van der Waals surface area contributed by atoms with Gasteiger partial charge in [0.05, 0.1) is 12.9 Å². The minimum atomic E-state index is 0.665. The predicted octanol–water partition coefficient (Wildman–Crippen LogP) is 1.71. The van der Waals surface area contributed by atoms with Crippen molar-refractivity contribution >= 4 is 17.0 Å². The summed E-state index contributed by atoms with van der Waals surface area (Å²) in [6, 6.07) is 0. The van der Waals surface area contributed by atoms with Crippen LogP contribution in [0, 0.1) is 11.8 Å². The van der Waals surface area contributed by atoms with Gasteiger partial charge < -0.3 is 14.2 Å². The number of nitrogens with zero attached hydrogens (tertiary/aromatic N) is 5. The molecule has 0 N–H and O–H groups in total. The molecule has 3 heterocycles. The van der Waals surface area contributed by atoms with Gasteiger partial charge in [0.2, 0.25) is 0 Å². The molecule has 6 heteroatoms. The van der Waals surface area contributed by atoms with Crippen molar-refractivity contribution in [3.63, 3.8) is 0 Å². The first-order valence-corrected chi connectivity index (χ1v) is 7.76. The van der Waals surface area contributed by atoms with Crippen molar-refractivity contribution in [1.29, 1.82) is 0 Å². The summed E-state index contributed by atoms with van der Waals surface area (Å²) in [6.45, 7) is 3.69. The van der Waals surface area contributed by atoms with Crippen LogP contribution in [0.5, 0.6) is 0 Å². The number of ether oxygens (including phenoxy) is 1. The molecule has 2 aliphatic rings. The maximum absolute atomic E-state index is 5.14. The molecule has 2 unspecified atom stereocenters. The Labute approximate surface area is 124 Å². The lowest BCUT2D eigenvalue weighted by Crippen LogP contribution is -2.22. The van der Waals surface area contributed by atoms with Gasteiger partial charge in [-0.15, -0.1) is 0 Å². The number of imidazole rings is 1. The SMILES string of the molecule is COCCn1cnc2c(N3CC4CCCC4C3)ncnc21. The molecule has 1 saturated carbocycles. The van der Waals surface area contributed by atoms with Crippen LogP contribution in [0.1, 0.15) is 19.3 Å². The second-order valence-corrected chi connectivity index (χ2v) is 6.16. The number of aromatic nitrogens is 4. The van der Waals surface area contributed by atoms with Crippen LogP contribution in [-0.4, -0.2) is 46.3 Å². The lowest BCUT2D eigenvalue weighted by atomic mass is 10.0. The highest BCUT2D eigenvalue weighted by atomic mass is 16.5. The summed E-state index contributed by atoms with van der Waals surface area (Å²) in [4.78, 5) is 15.9. The normalized spacial score (nSPS) is 24.9. The van der Waals surface area contributed by atoms with E-state index in [9.17, 15) is 0 Å². The second-order valence-electron chi connectivity index (χ2n) is 6.16. The van der Waals surface area contributed by atoms with Gasteiger partial charge in [0, 0.05) is 26.7 Å². The van der Waals surface area contributed by atoms with E-state index in [1.54, 1.807) is 13.4 Å². The second kappa shape index (κ2) is 5.26. The maximum Gasteiger partial charge on any atom is 0.165 e. The van der Waals surface area contributed by atoms with Crippen LogP contribution in [0.25, 0.3) is 11.2 Å². The summed E-state index contributed by atoms with van der Waals surface area (Å²) in [7, 11) is 1.71. The lowest BCUT2D eigenvalue weighted by molar-refractivity contribution is 0.188. The molecule has 21 heavy (non-hydrogen) atoms. The van der Waals surface area contributed by atoms with Crippen LogP contribution in [0.3, 0.4) is 0 Å². The number of rotatable bonds is 4. The molecule has 0 amide bonds. The Morgan fingerprint density at radius 3 is 2.76 bits per heavy atom. The van der Waals surface area contributed by atoms with E-state index >= 15 is 0 Å². The Morgan fingerprint density at radius 2 is 2.00 bits per heavy atom. The van der Waals surface area contributed by atoms with Gasteiger partial charge in [0.1, 0.15) is 6.33 Å². The third-order valence-electron chi connectivity index (χ3n) is 4.94. The monoisotopic (exact) mass is 287 g/mol. The summed E-state index contributed by atoms with van der Waals surface area (Å²) < 4.78 is 7.18. The van der Waals surface area contributed by atoms with E-state index in [2.05, 4.69) is 19.9 Å². The summed E-state index contributed by atoms with van der Waals surface area (Å²) in [6.07, 6.45) is 7.65. The smallest absolute Gasteiger partial charge is 0.165 e. The van der Waals surface area contributed by atoms with Crippen molar-refractivity contribution in [1.82, 2.24) is 19.5 Å². The van der Waals surface area contributed by atoms with Gasteiger partial charge in [-0.25, -0.2) is 15.0 Å². The van der Waals surface area contributed by atoms with Gasteiger partial charge in [-0.3, -0.25) is 0 Å². The van der Waals surface area contributed by atoms with Crippen LogP contribution >= 0.6 is 0 Å². The fraction of sp³-hybridized carbons (Fsp3) is 0.667. The molecule has 2 aromatic heterocycles. The topological polar surface area (TPSA) is 56.1 Å². The molecule has 6 nitrogen and oxygen atoms in total. The Kier molecular flexibility index (Phi) is 3.25. The van der Waals surface area contributed by atoms with Crippen molar-refractivity contribution in [2.45, 2.75) is 25.8 Å². The molecule has 4 rings (SSSR count). The Balaban J connectivity index is 1.65. The number of anilines is 1. The van der Waals surface area contributed by atoms with E-state index in [0.29, 0.717) is 6.61 Å². The van der Waals surface area contributed by atoms with E-state index in [0.717, 1.165) is 48.5 Å². The quantitative estimate of drug-likeness (QED) is 0.857. The van der Waals surface area contributed by atoms with Crippen molar-refractivity contribution in [3.8, 4) is 0 Å². The van der Waals surface area contributed by atoms with Crippen LogP contribution in [0.2, 0.25) is 0 Å². The first-order valence-electron chi connectivity index (χ1n) is 7.76. The Hall–Kier alpha value is -1.69. The number of methoxy groups -OCH3 is 1. The van der Waals surface area contributed by atoms with E-state index < -0.39 is 0 Å². The van der Waals surface area contributed by atoms with Crippen molar-refractivity contribution in [3.05, 3.63) is 12.7 Å². The van der Waals surface area contributed by atoms with Gasteiger partial charge >= 0.3 is 0 Å². The first kappa shape index (κ1) is 13.0. The average Bonchev–Trinajstić information content (AvgIpc) is 3.18. The van der Waals surface area contributed by atoms with Gasteiger partial charge in [-0.1, -0.05) is 6.42 Å². The largest absolute Gasteiger partial charge is 0.383 e. The molecular formula is C15H21N5O. The summed E-state index contributed by atoms with van der Waals surface area (Å²) in [5, 5.41) is 0. The van der Waals surface area contributed by atoms with E-state index in [1.807, 2.05) is 10.9 Å². The summed E-state index contributed by atoms with van der Waals surface area (Å²) in [5.41, 5.74) is 1.84. The maximum atomic E-state index is 5.14. The average molecular weight is 287 g/mol. The molecule has 2 aromatic rings. The van der Waals surface area contributed by atoms with Crippen LogP contribution in [-0.2, 0) is 11.3 Å². The van der Waals surface area contributed by atoms with E-state index in [4.69, 9.17) is 4.74 Å². The number of hydrogen-bond donors (Lipinski definition) is 0. The molecule has 1 aliphatic heterocycles.